The fraction of sp³-hybridized carbons (Fsp3) is 0.462. The van der Waals surface area contributed by atoms with Gasteiger partial charge in [-0.1, -0.05) is 12.1 Å². The molecule has 2 rings (SSSR count). The average Bonchev–Trinajstić information content (AvgIpc) is 2.67. The third kappa shape index (κ3) is 2.79. The van der Waals surface area contributed by atoms with Gasteiger partial charge in [-0.05, 0) is 19.1 Å². The monoisotopic (exact) mass is 265 g/mol. The molecule has 0 amide bonds. The van der Waals surface area contributed by atoms with Crippen LogP contribution in [0.15, 0.2) is 24.3 Å². The van der Waals surface area contributed by atoms with Gasteiger partial charge in [-0.15, -0.1) is 0 Å². The van der Waals surface area contributed by atoms with Crippen LogP contribution in [0.1, 0.15) is 18.8 Å². The average molecular weight is 265 g/mol. The molecular weight excluding hydrogens is 246 g/mol. The standard InChI is InChI=1S/C13H19N3OS/c1-10(14-8-9-18(3)17)13-15-11-6-4-5-7-12(11)16(13)2/h4-7,10,14H,8-9H2,1-3H3. The number of rotatable bonds is 5. The molecule has 0 saturated carbocycles. The molecule has 0 spiro atoms. The maximum atomic E-state index is 11.0. The highest BCUT2D eigenvalue weighted by Gasteiger charge is 2.13. The van der Waals surface area contributed by atoms with Crippen LogP contribution >= 0.6 is 0 Å². The quantitative estimate of drug-likeness (QED) is 0.893. The van der Waals surface area contributed by atoms with Crippen LogP contribution in [-0.4, -0.2) is 32.3 Å². The van der Waals surface area contributed by atoms with Crippen LogP contribution in [0.5, 0.6) is 0 Å². The van der Waals surface area contributed by atoms with Crippen molar-refractivity contribution in [3.8, 4) is 0 Å². The van der Waals surface area contributed by atoms with Crippen molar-refractivity contribution in [2.24, 2.45) is 7.05 Å². The molecule has 0 aliphatic heterocycles. The maximum absolute atomic E-state index is 11.0. The highest BCUT2D eigenvalue weighted by Crippen LogP contribution is 2.18. The van der Waals surface area contributed by atoms with E-state index in [0.29, 0.717) is 5.75 Å². The van der Waals surface area contributed by atoms with Crippen LogP contribution in [0, 0.1) is 0 Å². The SMILES string of the molecule is CC(NCCS(C)=O)c1nc2ccccc2n1C. The third-order valence-corrected chi connectivity index (χ3v) is 3.83. The highest BCUT2D eigenvalue weighted by molar-refractivity contribution is 7.84. The van der Waals surface area contributed by atoms with Crippen LogP contribution in [0.3, 0.4) is 0 Å². The van der Waals surface area contributed by atoms with Crippen LogP contribution < -0.4 is 5.32 Å². The Bertz CT molecular complexity index is 564. The van der Waals surface area contributed by atoms with E-state index in [1.807, 2.05) is 25.2 Å². The van der Waals surface area contributed by atoms with Crippen molar-refractivity contribution in [1.29, 1.82) is 0 Å². The van der Waals surface area contributed by atoms with Gasteiger partial charge < -0.3 is 9.88 Å². The molecule has 18 heavy (non-hydrogen) atoms. The molecular formula is C13H19N3OS. The summed E-state index contributed by atoms with van der Waals surface area (Å²) in [5.74, 6) is 1.69. The lowest BCUT2D eigenvalue weighted by atomic mass is 10.3. The first kappa shape index (κ1) is 13.2. The van der Waals surface area contributed by atoms with E-state index < -0.39 is 10.8 Å². The van der Waals surface area contributed by atoms with E-state index in [9.17, 15) is 4.21 Å². The Kier molecular flexibility index (Phi) is 4.14. The molecule has 0 bridgehead atoms. The van der Waals surface area contributed by atoms with E-state index >= 15 is 0 Å². The summed E-state index contributed by atoms with van der Waals surface area (Å²) in [6.45, 7) is 2.83. The largest absolute Gasteiger partial charge is 0.330 e. The number of nitrogens with one attached hydrogen (secondary N) is 1. The fourth-order valence-electron chi connectivity index (χ4n) is 2.06. The van der Waals surface area contributed by atoms with Crippen LogP contribution in [0.25, 0.3) is 11.0 Å². The number of nitrogens with zero attached hydrogens (tertiary/aromatic N) is 2. The van der Waals surface area contributed by atoms with Crippen molar-refractivity contribution >= 4 is 21.8 Å². The maximum Gasteiger partial charge on any atom is 0.126 e. The Balaban J connectivity index is 2.15. The fourth-order valence-corrected chi connectivity index (χ4v) is 2.47. The van der Waals surface area contributed by atoms with E-state index in [1.54, 1.807) is 6.26 Å². The molecule has 5 heteroatoms. The van der Waals surface area contributed by atoms with Gasteiger partial charge in [0.05, 0.1) is 17.1 Å². The van der Waals surface area contributed by atoms with Crippen molar-refractivity contribution < 1.29 is 4.21 Å². The Morgan fingerprint density at radius 2 is 2.17 bits per heavy atom. The second-order valence-corrected chi connectivity index (χ2v) is 6.03. The predicted octanol–water partition coefficient (Wildman–Crippen LogP) is 1.60. The predicted molar refractivity (Wildman–Crippen MR) is 76.1 cm³/mol. The number of benzene rings is 1. The number of aryl methyl sites for hydroxylation is 1. The summed E-state index contributed by atoms with van der Waals surface area (Å²) in [5.41, 5.74) is 2.16. The van der Waals surface area contributed by atoms with E-state index in [2.05, 4.69) is 27.9 Å². The molecule has 0 aliphatic rings. The summed E-state index contributed by atoms with van der Waals surface area (Å²) >= 11 is 0. The third-order valence-electron chi connectivity index (χ3n) is 3.05. The molecule has 1 aromatic heterocycles. The Hall–Kier alpha value is -1.20. The summed E-state index contributed by atoms with van der Waals surface area (Å²) in [6, 6.07) is 8.27. The Labute approximate surface area is 110 Å². The molecule has 4 nitrogen and oxygen atoms in total. The van der Waals surface area contributed by atoms with Gasteiger partial charge in [0.25, 0.3) is 0 Å². The molecule has 2 aromatic rings. The van der Waals surface area contributed by atoms with Crippen LogP contribution in [0.4, 0.5) is 0 Å². The lowest BCUT2D eigenvalue weighted by Gasteiger charge is -2.13. The number of para-hydroxylation sites is 2. The minimum absolute atomic E-state index is 0.158. The molecule has 2 unspecified atom stereocenters. The summed E-state index contributed by atoms with van der Waals surface area (Å²) in [7, 11) is 1.28. The van der Waals surface area contributed by atoms with Gasteiger partial charge in [0, 0.05) is 36.4 Å². The normalized spacial score (nSPS) is 14.8. The Morgan fingerprint density at radius 3 is 2.83 bits per heavy atom. The van der Waals surface area contributed by atoms with Crippen molar-refractivity contribution in [2.75, 3.05) is 18.6 Å². The summed E-state index contributed by atoms with van der Waals surface area (Å²) in [4.78, 5) is 4.63. The lowest BCUT2D eigenvalue weighted by Crippen LogP contribution is -2.25. The van der Waals surface area contributed by atoms with E-state index in [0.717, 1.165) is 23.4 Å². The zero-order valence-electron chi connectivity index (χ0n) is 11.0. The molecule has 1 heterocycles. The van der Waals surface area contributed by atoms with Crippen LogP contribution in [0.2, 0.25) is 0 Å². The molecule has 0 fully saturated rings. The first-order chi connectivity index (χ1) is 8.59. The molecule has 98 valence electrons. The molecule has 1 aromatic carbocycles. The summed E-state index contributed by atoms with van der Waals surface area (Å²) in [6.07, 6.45) is 1.72. The van der Waals surface area contributed by atoms with Gasteiger partial charge in [0.15, 0.2) is 0 Å². The van der Waals surface area contributed by atoms with E-state index in [1.165, 1.54) is 0 Å². The van der Waals surface area contributed by atoms with Crippen LogP contribution in [-0.2, 0) is 17.8 Å². The number of imidazole rings is 1. The lowest BCUT2D eigenvalue weighted by molar-refractivity contribution is 0.551. The minimum atomic E-state index is -0.748. The van der Waals surface area contributed by atoms with E-state index in [4.69, 9.17) is 0 Å². The topological polar surface area (TPSA) is 46.9 Å². The zero-order valence-corrected chi connectivity index (χ0v) is 11.8. The van der Waals surface area contributed by atoms with E-state index in [-0.39, 0.29) is 6.04 Å². The second kappa shape index (κ2) is 5.63. The van der Waals surface area contributed by atoms with Crippen molar-refractivity contribution in [3.05, 3.63) is 30.1 Å². The number of fused-ring (bicyclic) bond motifs is 1. The van der Waals surface area contributed by atoms with Gasteiger partial charge >= 0.3 is 0 Å². The minimum Gasteiger partial charge on any atom is -0.330 e. The first-order valence-corrected chi connectivity index (χ1v) is 7.77. The first-order valence-electron chi connectivity index (χ1n) is 6.04. The van der Waals surface area contributed by atoms with Gasteiger partial charge in [-0.25, -0.2) is 4.98 Å². The number of aromatic nitrogens is 2. The highest BCUT2D eigenvalue weighted by atomic mass is 32.2. The van der Waals surface area contributed by atoms with Gasteiger partial charge in [0.2, 0.25) is 0 Å². The molecule has 0 radical (unpaired) electrons. The molecule has 1 N–H and O–H groups in total. The van der Waals surface area contributed by atoms with Crippen molar-refractivity contribution in [1.82, 2.24) is 14.9 Å². The van der Waals surface area contributed by atoms with Gasteiger partial charge in [-0.2, -0.15) is 0 Å². The molecule has 0 aliphatic carbocycles. The molecule has 0 saturated heterocycles. The van der Waals surface area contributed by atoms with Crippen molar-refractivity contribution in [3.63, 3.8) is 0 Å². The second-order valence-electron chi connectivity index (χ2n) is 4.47. The number of hydrogen-bond donors (Lipinski definition) is 1. The number of hydrogen-bond acceptors (Lipinski definition) is 3. The van der Waals surface area contributed by atoms with Gasteiger partial charge in [-0.3, -0.25) is 4.21 Å². The van der Waals surface area contributed by atoms with Crippen molar-refractivity contribution in [2.45, 2.75) is 13.0 Å². The van der Waals surface area contributed by atoms with Gasteiger partial charge in [0.1, 0.15) is 5.82 Å². The summed E-state index contributed by atoms with van der Waals surface area (Å²) in [5, 5.41) is 3.36. The Morgan fingerprint density at radius 1 is 1.44 bits per heavy atom. The summed E-state index contributed by atoms with van der Waals surface area (Å²) < 4.78 is 13.1. The smallest absolute Gasteiger partial charge is 0.126 e. The zero-order chi connectivity index (χ0) is 13.1. The molecule has 2 atom stereocenters.